The zero-order valence-corrected chi connectivity index (χ0v) is 15.1. The topological polar surface area (TPSA) is 63.6 Å². The summed E-state index contributed by atoms with van der Waals surface area (Å²) in [6, 6.07) is 4.10. The molecule has 0 saturated carbocycles. The second-order valence-corrected chi connectivity index (χ2v) is 6.90. The Labute approximate surface area is 138 Å². The Morgan fingerprint density at radius 3 is 1.61 bits per heavy atom. The summed E-state index contributed by atoms with van der Waals surface area (Å²) in [6.07, 6.45) is -1.26. The Bertz CT molecular complexity index is 556. The molecule has 0 aliphatic carbocycles. The molecule has 1 atom stereocenters. The first-order valence-corrected chi connectivity index (χ1v) is 8.13. The minimum atomic E-state index is -1.26. The Morgan fingerprint density at radius 2 is 1.35 bits per heavy atom. The molecule has 0 aliphatic heterocycles. The van der Waals surface area contributed by atoms with Gasteiger partial charge in [0, 0.05) is 12.5 Å². The van der Waals surface area contributed by atoms with Crippen molar-refractivity contribution in [3.63, 3.8) is 0 Å². The van der Waals surface area contributed by atoms with Gasteiger partial charge in [-0.2, -0.15) is 0 Å². The molecule has 0 spiro atoms. The van der Waals surface area contributed by atoms with Gasteiger partial charge in [-0.25, -0.2) is 4.79 Å². The maximum absolute atomic E-state index is 11.7. The maximum atomic E-state index is 11.7. The SMILES string of the molecule is CC(=O)OC(C(=O)O)c1c(C(C)C)cc(C(C)C)cc1C(C)C. The molecule has 4 nitrogen and oxygen atoms in total. The van der Waals surface area contributed by atoms with E-state index in [1.807, 2.05) is 27.7 Å². The van der Waals surface area contributed by atoms with Crippen LogP contribution in [0, 0.1) is 0 Å². The lowest BCUT2D eigenvalue weighted by Crippen LogP contribution is -2.22. The van der Waals surface area contributed by atoms with Crippen molar-refractivity contribution in [2.24, 2.45) is 0 Å². The minimum absolute atomic E-state index is 0.138. The summed E-state index contributed by atoms with van der Waals surface area (Å²) in [5.41, 5.74) is 3.68. The molecule has 128 valence electrons. The van der Waals surface area contributed by atoms with Crippen molar-refractivity contribution in [1.82, 2.24) is 0 Å². The van der Waals surface area contributed by atoms with E-state index in [-0.39, 0.29) is 11.8 Å². The van der Waals surface area contributed by atoms with Gasteiger partial charge in [0.1, 0.15) is 0 Å². The van der Waals surface area contributed by atoms with E-state index in [0.717, 1.165) is 11.1 Å². The molecule has 0 fully saturated rings. The third-order valence-electron chi connectivity index (χ3n) is 3.95. The van der Waals surface area contributed by atoms with Crippen LogP contribution in [0.3, 0.4) is 0 Å². The largest absolute Gasteiger partial charge is 0.478 e. The fraction of sp³-hybridized carbons (Fsp3) is 0.579. The smallest absolute Gasteiger partial charge is 0.349 e. The lowest BCUT2D eigenvalue weighted by Gasteiger charge is -2.26. The van der Waals surface area contributed by atoms with Crippen LogP contribution < -0.4 is 0 Å². The predicted octanol–water partition coefficient (Wildman–Crippen LogP) is 4.75. The zero-order valence-electron chi connectivity index (χ0n) is 15.1. The fourth-order valence-corrected chi connectivity index (χ4v) is 2.71. The van der Waals surface area contributed by atoms with Crippen LogP contribution in [0.25, 0.3) is 0 Å². The average Bonchev–Trinajstić information content (AvgIpc) is 2.42. The van der Waals surface area contributed by atoms with Crippen LogP contribution >= 0.6 is 0 Å². The lowest BCUT2D eigenvalue weighted by molar-refractivity contribution is -0.163. The van der Waals surface area contributed by atoms with Gasteiger partial charge >= 0.3 is 11.9 Å². The number of hydrogen-bond acceptors (Lipinski definition) is 3. The molecule has 0 saturated heterocycles. The first kappa shape index (κ1) is 19.2. The number of hydrogen-bond donors (Lipinski definition) is 1. The minimum Gasteiger partial charge on any atom is -0.478 e. The Morgan fingerprint density at radius 1 is 0.913 bits per heavy atom. The molecule has 1 aromatic rings. The molecule has 0 amide bonds. The molecule has 0 aromatic heterocycles. The van der Waals surface area contributed by atoms with E-state index in [9.17, 15) is 14.7 Å². The van der Waals surface area contributed by atoms with Crippen LogP contribution in [-0.2, 0) is 14.3 Å². The molecule has 0 bridgehead atoms. The van der Waals surface area contributed by atoms with Gasteiger partial charge in [-0.15, -0.1) is 0 Å². The van der Waals surface area contributed by atoms with Crippen molar-refractivity contribution in [3.05, 3.63) is 34.4 Å². The zero-order chi connectivity index (χ0) is 17.9. The lowest BCUT2D eigenvalue weighted by atomic mass is 9.82. The van der Waals surface area contributed by atoms with E-state index in [0.29, 0.717) is 11.5 Å². The van der Waals surface area contributed by atoms with Gasteiger partial charge in [-0.3, -0.25) is 4.79 Å². The van der Waals surface area contributed by atoms with E-state index >= 15 is 0 Å². The molecular weight excluding hydrogens is 292 g/mol. The van der Waals surface area contributed by atoms with E-state index in [1.165, 1.54) is 12.5 Å². The maximum Gasteiger partial charge on any atom is 0.349 e. The third kappa shape index (κ3) is 4.57. The van der Waals surface area contributed by atoms with Crippen LogP contribution in [-0.4, -0.2) is 17.0 Å². The van der Waals surface area contributed by atoms with Crippen molar-refractivity contribution >= 4 is 11.9 Å². The summed E-state index contributed by atoms with van der Waals surface area (Å²) < 4.78 is 5.14. The highest BCUT2D eigenvalue weighted by Gasteiger charge is 2.30. The molecule has 0 radical (unpaired) electrons. The standard InChI is InChI=1S/C19H28O4/c1-10(2)14-8-15(11(3)4)17(16(9-14)12(5)6)18(19(21)22)23-13(7)20/h8-12,18H,1-7H3,(H,21,22). The molecule has 1 aromatic carbocycles. The molecule has 1 N–H and O–H groups in total. The number of benzene rings is 1. The number of carbonyl (C=O) groups excluding carboxylic acids is 1. The van der Waals surface area contributed by atoms with Gasteiger partial charge in [-0.1, -0.05) is 53.7 Å². The molecule has 1 rings (SSSR count). The van der Waals surface area contributed by atoms with E-state index in [2.05, 4.69) is 26.0 Å². The Hall–Kier alpha value is -1.84. The number of aliphatic carboxylic acids is 1. The van der Waals surface area contributed by atoms with Crippen molar-refractivity contribution in [2.45, 2.75) is 72.3 Å². The number of esters is 1. The monoisotopic (exact) mass is 320 g/mol. The van der Waals surface area contributed by atoms with Crippen molar-refractivity contribution in [2.75, 3.05) is 0 Å². The molecule has 0 heterocycles. The quantitative estimate of drug-likeness (QED) is 0.769. The van der Waals surface area contributed by atoms with Gasteiger partial charge < -0.3 is 9.84 Å². The van der Waals surface area contributed by atoms with Crippen molar-refractivity contribution < 1.29 is 19.4 Å². The average molecular weight is 320 g/mol. The molecule has 23 heavy (non-hydrogen) atoms. The second kappa shape index (κ2) is 7.62. The van der Waals surface area contributed by atoms with Gasteiger partial charge in [0.05, 0.1) is 0 Å². The normalized spacial score (nSPS) is 12.8. The molecule has 0 aliphatic rings. The number of carboxylic acid groups (broad SMARTS) is 1. The van der Waals surface area contributed by atoms with Gasteiger partial charge in [0.2, 0.25) is 6.10 Å². The second-order valence-electron chi connectivity index (χ2n) is 6.90. The van der Waals surface area contributed by atoms with Crippen LogP contribution in [0.1, 0.15) is 94.6 Å². The van der Waals surface area contributed by atoms with Crippen LogP contribution in [0.5, 0.6) is 0 Å². The van der Waals surface area contributed by atoms with Gasteiger partial charge in [-0.05, 0) is 34.4 Å². The van der Waals surface area contributed by atoms with Crippen molar-refractivity contribution in [1.29, 1.82) is 0 Å². The summed E-state index contributed by atoms with van der Waals surface area (Å²) in [6.45, 7) is 13.6. The van der Waals surface area contributed by atoms with E-state index < -0.39 is 18.0 Å². The number of rotatable bonds is 6. The van der Waals surface area contributed by atoms with E-state index in [4.69, 9.17) is 4.74 Å². The van der Waals surface area contributed by atoms with Gasteiger partial charge in [0.25, 0.3) is 0 Å². The highest BCUT2D eigenvalue weighted by molar-refractivity contribution is 5.79. The highest BCUT2D eigenvalue weighted by atomic mass is 16.6. The molecular formula is C19H28O4. The Kier molecular flexibility index (Phi) is 6.37. The van der Waals surface area contributed by atoms with E-state index in [1.54, 1.807) is 0 Å². The van der Waals surface area contributed by atoms with Crippen LogP contribution in [0.4, 0.5) is 0 Å². The summed E-state index contributed by atoms with van der Waals surface area (Å²) in [5, 5.41) is 9.59. The molecule has 4 heteroatoms. The van der Waals surface area contributed by atoms with Crippen LogP contribution in [0.15, 0.2) is 12.1 Å². The Balaban J connectivity index is 3.71. The summed E-state index contributed by atoms with van der Waals surface area (Å²) in [5.74, 6) is -1.11. The first-order chi connectivity index (χ1) is 10.6. The summed E-state index contributed by atoms with van der Waals surface area (Å²) in [4.78, 5) is 23.1. The van der Waals surface area contributed by atoms with Crippen LogP contribution in [0.2, 0.25) is 0 Å². The number of carbonyl (C=O) groups is 2. The number of carboxylic acids is 1. The summed E-state index contributed by atoms with van der Waals surface area (Å²) >= 11 is 0. The highest BCUT2D eigenvalue weighted by Crippen LogP contribution is 2.37. The first-order valence-electron chi connectivity index (χ1n) is 8.13. The third-order valence-corrected chi connectivity index (χ3v) is 3.95. The summed E-state index contributed by atoms with van der Waals surface area (Å²) in [7, 11) is 0. The van der Waals surface area contributed by atoms with Crippen molar-refractivity contribution in [3.8, 4) is 0 Å². The molecule has 1 unspecified atom stereocenters. The number of ether oxygens (including phenoxy) is 1. The fourth-order valence-electron chi connectivity index (χ4n) is 2.71. The van der Waals surface area contributed by atoms with Gasteiger partial charge in [0.15, 0.2) is 0 Å². The predicted molar refractivity (Wildman–Crippen MR) is 90.9 cm³/mol.